The smallest absolute Gasteiger partial charge is 0.285 e. The van der Waals surface area contributed by atoms with Crippen LogP contribution in [0.3, 0.4) is 0 Å². The number of nitrogen functional groups attached to an aromatic ring is 1. The third-order valence-electron chi connectivity index (χ3n) is 2.76. The van der Waals surface area contributed by atoms with E-state index in [2.05, 4.69) is 4.40 Å². The number of likely N-dealkylation sites (tertiary alicyclic amines) is 1. The highest BCUT2D eigenvalue weighted by Gasteiger charge is 2.21. The Morgan fingerprint density at radius 3 is 2.65 bits per heavy atom. The lowest BCUT2D eigenvalue weighted by Gasteiger charge is -2.11. The van der Waals surface area contributed by atoms with Gasteiger partial charge < -0.3 is 10.6 Å². The van der Waals surface area contributed by atoms with E-state index < -0.39 is 10.0 Å². The Morgan fingerprint density at radius 1 is 1.35 bits per heavy atom. The van der Waals surface area contributed by atoms with Gasteiger partial charge in [0, 0.05) is 20.0 Å². The summed E-state index contributed by atoms with van der Waals surface area (Å²) in [6.45, 7) is 0.846. The molecule has 0 radical (unpaired) electrons. The van der Waals surface area contributed by atoms with E-state index in [1.807, 2.05) is 11.9 Å². The first-order chi connectivity index (χ1) is 8.00. The van der Waals surface area contributed by atoms with Gasteiger partial charge in [0.25, 0.3) is 10.0 Å². The standard InChI is InChI=1S/C11H15N3O2S/c1-14-8-4-7-11(14)13-17(15,16)10-6-3-2-5-9(10)12/h2-3,5-6H,4,7-8,12H2,1H3/b13-11+. The summed E-state index contributed by atoms with van der Waals surface area (Å²) in [4.78, 5) is 1.93. The number of sulfonamides is 1. The van der Waals surface area contributed by atoms with Crippen molar-refractivity contribution in [1.82, 2.24) is 4.90 Å². The molecule has 0 atom stereocenters. The molecule has 1 saturated heterocycles. The molecule has 17 heavy (non-hydrogen) atoms. The second-order valence-electron chi connectivity index (χ2n) is 4.05. The van der Waals surface area contributed by atoms with Gasteiger partial charge >= 0.3 is 0 Å². The van der Waals surface area contributed by atoms with Crippen molar-refractivity contribution in [1.29, 1.82) is 0 Å². The van der Waals surface area contributed by atoms with E-state index in [0.717, 1.165) is 13.0 Å². The Kier molecular flexibility index (Phi) is 3.06. The monoisotopic (exact) mass is 253 g/mol. The fourth-order valence-electron chi connectivity index (χ4n) is 1.81. The highest BCUT2D eigenvalue weighted by Crippen LogP contribution is 2.21. The van der Waals surface area contributed by atoms with Gasteiger partial charge in [-0.3, -0.25) is 0 Å². The quantitative estimate of drug-likeness (QED) is 0.800. The van der Waals surface area contributed by atoms with Crippen LogP contribution in [0.15, 0.2) is 33.6 Å². The molecule has 5 nitrogen and oxygen atoms in total. The predicted octanol–water partition coefficient (Wildman–Crippen LogP) is 1.08. The molecule has 0 bridgehead atoms. The van der Waals surface area contributed by atoms with Crippen LogP contribution in [0, 0.1) is 0 Å². The highest BCUT2D eigenvalue weighted by molar-refractivity contribution is 7.90. The van der Waals surface area contributed by atoms with Crippen LogP contribution < -0.4 is 5.73 Å². The SMILES string of the molecule is CN1CCC/C1=N\S(=O)(=O)c1ccccc1N. The Labute approximate surface area is 101 Å². The third kappa shape index (κ3) is 2.41. The second kappa shape index (κ2) is 4.37. The van der Waals surface area contributed by atoms with Crippen LogP contribution in [-0.4, -0.2) is 32.7 Å². The van der Waals surface area contributed by atoms with Crippen LogP contribution in [0.1, 0.15) is 12.8 Å². The number of nitrogens with zero attached hydrogens (tertiary/aromatic N) is 2. The van der Waals surface area contributed by atoms with E-state index in [1.165, 1.54) is 6.07 Å². The Hall–Kier alpha value is -1.56. The molecular formula is C11H15N3O2S. The van der Waals surface area contributed by atoms with Gasteiger partial charge in [-0.1, -0.05) is 12.1 Å². The minimum absolute atomic E-state index is 0.0767. The van der Waals surface area contributed by atoms with Crippen molar-refractivity contribution >= 4 is 21.5 Å². The van der Waals surface area contributed by atoms with Crippen molar-refractivity contribution in [3.63, 3.8) is 0 Å². The van der Waals surface area contributed by atoms with E-state index in [4.69, 9.17) is 5.73 Å². The van der Waals surface area contributed by atoms with Crippen LogP contribution in [0.25, 0.3) is 0 Å². The van der Waals surface area contributed by atoms with Gasteiger partial charge in [-0.05, 0) is 18.6 Å². The van der Waals surface area contributed by atoms with E-state index in [-0.39, 0.29) is 10.6 Å². The number of nitrogens with two attached hydrogens (primary N) is 1. The number of hydrogen-bond donors (Lipinski definition) is 1. The van der Waals surface area contributed by atoms with Crippen molar-refractivity contribution < 1.29 is 8.42 Å². The van der Waals surface area contributed by atoms with Gasteiger partial charge in [-0.25, -0.2) is 0 Å². The minimum atomic E-state index is -3.69. The van der Waals surface area contributed by atoms with Crippen molar-refractivity contribution in [2.45, 2.75) is 17.7 Å². The Morgan fingerprint density at radius 2 is 2.06 bits per heavy atom. The predicted molar refractivity (Wildman–Crippen MR) is 67.3 cm³/mol. The van der Waals surface area contributed by atoms with Crippen LogP contribution >= 0.6 is 0 Å². The molecule has 1 fully saturated rings. The van der Waals surface area contributed by atoms with Crippen molar-refractivity contribution in [3.05, 3.63) is 24.3 Å². The van der Waals surface area contributed by atoms with Gasteiger partial charge in [-0.15, -0.1) is 4.40 Å². The zero-order valence-corrected chi connectivity index (χ0v) is 10.4. The van der Waals surface area contributed by atoms with E-state index in [9.17, 15) is 8.42 Å². The van der Waals surface area contributed by atoms with E-state index in [1.54, 1.807) is 18.2 Å². The molecule has 2 rings (SSSR count). The first kappa shape index (κ1) is 11.9. The topological polar surface area (TPSA) is 75.8 Å². The van der Waals surface area contributed by atoms with Gasteiger partial charge in [0.2, 0.25) is 0 Å². The third-order valence-corrected chi connectivity index (χ3v) is 4.14. The zero-order chi connectivity index (χ0) is 12.5. The molecule has 1 aromatic carbocycles. The fourth-order valence-corrected chi connectivity index (χ4v) is 3.04. The molecule has 1 aromatic rings. The maximum Gasteiger partial charge on any atom is 0.285 e. The van der Waals surface area contributed by atoms with Gasteiger partial charge in [0.15, 0.2) is 0 Å². The molecule has 0 aliphatic carbocycles. The molecule has 1 heterocycles. The maximum atomic E-state index is 12.1. The molecule has 1 aliphatic rings. The molecule has 92 valence electrons. The molecular weight excluding hydrogens is 238 g/mol. The maximum absolute atomic E-state index is 12.1. The van der Waals surface area contributed by atoms with Crippen molar-refractivity contribution in [3.8, 4) is 0 Å². The highest BCUT2D eigenvalue weighted by atomic mass is 32.2. The Bertz CT molecular complexity index is 552. The number of rotatable bonds is 2. The van der Waals surface area contributed by atoms with E-state index in [0.29, 0.717) is 12.3 Å². The average Bonchev–Trinajstić information content (AvgIpc) is 2.64. The largest absolute Gasteiger partial charge is 0.398 e. The molecule has 0 spiro atoms. The van der Waals surface area contributed by atoms with Crippen LogP contribution in [-0.2, 0) is 10.0 Å². The molecule has 0 saturated carbocycles. The summed E-state index contributed by atoms with van der Waals surface area (Å²) in [5.41, 5.74) is 5.89. The second-order valence-corrected chi connectivity index (χ2v) is 5.62. The number of benzene rings is 1. The van der Waals surface area contributed by atoms with Gasteiger partial charge in [-0.2, -0.15) is 8.42 Å². The van der Waals surface area contributed by atoms with E-state index >= 15 is 0 Å². The summed E-state index contributed by atoms with van der Waals surface area (Å²) >= 11 is 0. The lowest BCUT2D eigenvalue weighted by molar-refractivity contribution is 0.548. The fraction of sp³-hybridized carbons (Fsp3) is 0.364. The van der Waals surface area contributed by atoms with Crippen molar-refractivity contribution in [2.24, 2.45) is 4.40 Å². The summed E-state index contributed by atoms with van der Waals surface area (Å²) < 4.78 is 28.0. The number of anilines is 1. The normalized spacial score (nSPS) is 18.9. The molecule has 0 aromatic heterocycles. The summed E-state index contributed by atoms with van der Waals surface area (Å²) in [5.74, 6) is 0.605. The number of hydrogen-bond acceptors (Lipinski definition) is 3. The minimum Gasteiger partial charge on any atom is -0.398 e. The van der Waals surface area contributed by atoms with Gasteiger partial charge in [0.1, 0.15) is 10.7 Å². The summed E-state index contributed by atoms with van der Waals surface area (Å²) in [5, 5.41) is 0. The first-order valence-electron chi connectivity index (χ1n) is 5.40. The lowest BCUT2D eigenvalue weighted by atomic mass is 10.3. The first-order valence-corrected chi connectivity index (χ1v) is 6.84. The molecule has 2 N–H and O–H groups in total. The zero-order valence-electron chi connectivity index (χ0n) is 9.63. The molecule has 6 heteroatoms. The summed E-state index contributed by atoms with van der Waals surface area (Å²) in [6.07, 6.45) is 1.64. The van der Waals surface area contributed by atoms with Crippen LogP contribution in [0.2, 0.25) is 0 Å². The van der Waals surface area contributed by atoms with Crippen LogP contribution in [0.4, 0.5) is 5.69 Å². The Balaban J connectivity index is 2.41. The molecule has 1 aliphatic heterocycles. The van der Waals surface area contributed by atoms with Crippen LogP contribution in [0.5, 0.6) is 0 Å². The molecule has 0 amide bonds. The summed E-state index contributed by atoms with van der Waals surface area (Å²) in [6, 6.07) is 6.38. The lowest BCUT2D eigenvalue weighted by Crippen LogP contribution is -2.20. The van der Waals surface area contributed by atoms with Gasteiger partial charge in [0.05, 0.1) is 5.69 Å². The summed E-state index contributed by atoms with van der Waals surface area (Å²) in [7, 11) is -1.84. The molecule has 0 unspecified atom stereocenters. The van der Waals surface area contributed by atoms with Crippen molar-refractivity contribution in [2.75, 3.05) is 19.3 Å². The average molecular weight is 253 g/mol. The number of amidine groups is 1. The number of para-hydroxylation sites is 1.